The molecule has 0 aromatic carbocycles. The second kappa shape index (κ2) is 6.02. The van der Waals surface area contributed by atoms with Crippen LogP contribution < -0.4 is 0 Å². The van der Waals surface area contributed by atoms with Crippen molar-refractivity contribution >= 4 is 11.8 Å². The highest BCUT2D eigenvalue weighted by Crippen LogP contribution is 2.42. The molecule has 1 saturated heterocycles. The van der Waals surface area contributed by atoms with Gasteiger partial charge in [0.05, 0.1) is 6.61 Å². The molecule has 5 atom stereocenters. The lowest BCUT2D eigenvalue weighted by molar-refractivity contribution is -0.293. The topological polar surface area (TPSA) is 131 Å². The van der Waals surface area contributed by atoms with E-state index in [1.54, 1.807) is 13.8 Å². The van der Waals surface area contributed by atoms with E-state index in [0.717, 1.165) is 11.8 Å². The molecule has 0 aliphatic carbocycles. The van der Waals surface area contributed by atoms with Crippen LogP contribution in [0.3, 0.4) is 0 Å². The number of thioether (sulfide) groups is 1. The number of aliphatic hydroxyl groups is 6. The average Bonchev–Trinajstić information content (AvgIpc) is 2.29. The zero-order valence-electron chi connectivity index (χ0n) is 10.2. The molecule has 18 heavy (non-hydrogen) atoms. The van der Waals surface area contributed by atoms with Crippen LogP contribution in [0.25, 0.3) is 0 Å². The van der Waals surface area contributed by atoms with Crippen molar-refractivity contribution in [2.75, 3.05) is 6.61 Å². The van der Waals surface area contributed by atoms with Gasteiger partial charge >= 0.3 is 0 Å². The van der Waals surface area contributed by atoms with Gasteiger partial charge in [-0.3, -0.25) is 0 Å². The molecule has 1 aliphatic rings. The second-order valence-corrected chi connectivity index (χ2v) is 6.34. The van der Waals surface area contributed by atoms with E-state index in [0.29, 0.717) is 0 Å². The molecule has 0 spiro atoms. The summed E-state index contributed by atoms with van der Waals surface area (Å²) in [4.78, 5) is -1.90. The van der Waals surface area contributed by atoms with E-state index in [9.17, 15) is 25.5 Å². The number of hydrogen-bond acceptors (Lipinski definition) is 8. The van der Waals surface area contributed by atoms with Gasteiger partial charge in [-0.15, -0.1) is 11.8 Å². The third-order valence-electron chi connectivity index (χ3n) is 2.76. The van der Waals surface area contributed by atoms with Crippen LogP contribution in [0.5, 0.6) is 0 Å². The maximum atomic E-state index is 9.93. The quantitative estimate of drug-likeness (QED) is 0.315. The lowest BCUT2D eigenvalue weighted by Gasteiger charge is -2.49. The van der Waals surface area contributed by atoms with Crippen molar-refractivity contribution < 1.29 is 35.4 Å². The van der Waals surface area contributed by atoms with E-state index in [2.05, 4.69) is 0 Å². The molecule has 6 N–H and O–H groups in total. The lowest BCUT2D eigenvalue weighted by atomic mass is 9.94. The largest absolute Gasteiger partial charge is 0.394 e. The van der Waals surface area contributed by atoms with E-state index in [-0.39, 0.29) is 5.25 Å². The lowest BCUT2D eigenvalue weighted by Crippen LogP contribution is -2.68. The fourth-order valence-corrected chi connectivity index (χ4v) is 3.22. The van der Waals surface area contributed by atoms with Crippen LogP contribution in [0.15, 0.2) is 0 Å². The molecular formula is C10H20O7S. The predicted molar refractivity (Wildman–Crippen MR) is 63.7 cm³/mol. The highest BCUT2D eigenvalue weighted by molar-refractivity contribution is 8.01. The number of rotatable bonds is 4. The second-order valence-electron chi connectivity index (χ2n) is 4.53. The average molecular weight is 284 g/mol. The van der Waals surface area contributed by atoms with Gasteiger partial charge in [-0.2, -0.15) is 0 Å². The molecule has 1 aliphatic heterocycles. The highest BCUT2D eigenvalue weighted by Gasteiger charge is 2.57. The van der Waals surface area contributed by atoms with Crippen molar-refractivity contribution in [3.63, 3.8) is 0 Å². The van der Waals surface area contributed by atoms with Gasteiger partial charge in [-0.05, 0) is 0 Å². The van der Waals surface area contributed by atoms with Crippen molar-refractivity contribution in [2.45, 2.75) is 54.7 Å². The minimum Gasteiger partial charge on any atom is -0.394 e. The van der Waals surface area contributed by atoms with Crippen LogP contribution in [0.2, 0.25) is 0 Å². The first-order valence-electron chi connectivity index (χ1n) is 5.63. The maximum absolute atomic E-state index is 9.93. The van der Waals surface area contributed by atoms with E-state index < -0.39 is 42.2 Å². The Labute approximate surface area is 109 Å². The molecule has 0 unspecified atom stereocenters. The molecular weight excluding hydrogens is 264 g/mol. The van der Waals surface area contributed by atoms with Crippen LogP contribution in [-0.4, -0.2) is 78.1 Å². The summed E-state index contributed by atoms with van der Waals surface area (Å²) in [7, 11) is 0. The minimum absolute atomic E-state index is 0.136. The minimum atomic E-state index is -2.07. The molecule has 0 amide bonds. The molecule has 8 heteroatoms. The third kappa shape index (κ3) is 2.81. The molecule has 7 nitrogen and oxygen atoms in total. The van der Waals surface area contributed by atoms with Gasteiger partial charge < -0.3 is 35.4 Å². The van der Waals surface area contributed by atoms with E-state index in [1.807, 2.05) is 0 Å². The first kappa shape index (κ1) is 16.1. The van der Waals surface area contributed by atoms with Crippen LogP contribution in [-0.2, 0) is 4.74 Å². The smallest absolute Gasteiger partial charge is 0.194 e. The summed E-state index contributed by atoms with van der Waals surface area (Å²) in [6, 6.07) is 0. The Hall–Kier alpha value is 0.0700. The Balaban J connectivity index is 3.07. The summed E-state index contributed by atoms with van der Waals surface area (Å²) < 4.78 is 5.24. The van der Waals surface area contributed by atoms with E-state index in [1.165, 1.54) is 0 Å². The van der Waals surface area contributed by atoms with Crippen LogP contribution >= 0.6 is 11.8 Å². The Kier molecular flexibility index (Phi) is 5.39. The maximum Gasteiger partial charge on any atom is 0.194 e. The van der Waals surface area contributed by atoms with Gasteiger partial charge in [-0.1, -0.05) is 13.8 Å². The van der Waals surface area contributed by atoms with Crippen molar-refractivity contribution in [1.82, 2.24) is 0 Å². The number of hydrogen-bond donors (Lipinski definition) is 6. The SMILES string of the molecule is CC(C)S[C@@]1(C(O)O)O[C@H](CO)[C@H](O)[C@H](O)[C@H]1O. The summed E-state index contributed by atoms with van der Waals surface area (Å²) >= 11 is 0.909. The normalized spacial score (nSPS) is 41.7. The molecule has 108 valence electrons. The first-order valence-corrected chi connectivity index (χ1v) is 6.51. The van der Waals surface area contributed by atoms with Gasteiger partial charge in [-0.25, -0.2) is 0 Å². The summed E-state index contributed by atoms with van der Waals surface area (Å²) in [6.45, 7) is 2.88. The summed E-state index contributed by atoms with van der Waals surface area (Å²) in [5.41, 5.74) is 0. The molecule has 1 heterocycles. The van der Waals surface area contributed by atoms with Gasteiger partial charge in [0.1, 0.15) is 24.4 Å². The van der Waals surface area contributed by atoms with Crippen molar-refractivity contribution in [3.05, 3.63) is 0 Å². The first-order chi connectivity index (χ1) is 8.26. The summed E-state index contributed by atoms with van der Waals surface area (Å²) in [5, 5.41) is 57.0. The van der Waals surface area contributed by atoms with Gasteiger partial charge in [0.25, 0.3) is 0 Å². The Morgan fingerprint density at radius 3 is 2.11 bits per heavy atom. The molecule has 0 aromatic heterocycles. The van der Waals surface area contributed by atoms with Crippen LogP contribution in [0, 0.1) is 0 Å². The zero-order chi connectivity index (χ0) is 14.1. The Bertz CT molecular complexity index is 273. The predicted octanol–water partition coefficient (Wildman–Crippen LogP) is -2.39. The zero-order valence-corrected chi connectivity index (χ0v) is 11.0. The third-order valence-corrected chi connectivity index (χ3v) is 4.15. The Morgan fingerprint density at radius 2 is 1.72 bits per heavy atom. The van der Waals surface area contributed by atoms with Crippen molar-refractivity contribution in [3.8, 4) is 0 Å². The highest BCUT2D eigenvalue weighted by atomic mass is 32.2. The molecule has 0 radical (unpaired) electrons. The molecule has 0 aromatic rings. The molecule has 0 bridgehead atoms. The van der Waals surface area contributed by atoms with Gasteiger partial charge in [0, 0.05) is 5.25 Å². The van der Waals surface area contributed by atoms with Crippen LogP contribution in [0.1, 0.15) is 13.8 Å². The fraction of sp³-hybridized carbons (Fsp3) is 1.00. The molecule has 0 saturated carbocycles. The molecule has 1 fully saturated rings. The number of ether oxygens (including phenoxy) is 1. The van der Waals surface area contributed by atoms with Crippen molar-refractivity contribution in [2.24, 2.45) is 0 Å². The van der Waals surface area contributed by atoms with Crippen LogP contribution in [0.4, 0.5) is 0 Å². The summed E-state index contributed by atoms with van der Waals surface area (Å²) in [5.74, 6) is 0. The van der Waals surface area contributed by atoms with Crippen molar-refractivity contribution in [1.29, 1.82) is 0 Å². The Morgan fingerprint density at radius 1 is 1.17 bits per heavy atom. The number of aliphatic hydroxyl groups excluding tert-OH is 5. The van der Waals surface area contributed by atoms with E-state index >= 15 is 0 Å². The van der Waals surface area contributed by atoms with Gasteiger partial charge in [0.2, 0.25) is 0 Å². The fourth-order valence-electron chi connectivity index (χ4n) is 1.91. The standard InChI is InChI=1S/C10H20O7S/c1-4(2)18-10(9(15)16)8(14)7(13)6(12)5(3-11)17-10/h4-9,11-16H,3H2,1-2H3/t5-,6+,7+,8-,10+/m1/s1. The van der Waals surface area contributed by atoms with Gasteiger partial charge in [0.15, 0.2) is 11.2 Å². The monoisotopic (exact) mass is 284 g/mol. The molecule has 1 rings (SSSR count). The van der Waals surface area contributed by atoms with E-state index in [4.69, 9.17) is 9.84 Å². The summed E-state index contributed by atoms with van der Waals surface area (Å²) in [6.07, 6.45) is -8.09.